The Morgan fingerprint density at radius 2 is 2.31 bits per heavy atom. The van der Waals surface area contributed by atoms with Gasteiger partial charge in [-0.1, -0.05) is 0 Å². The number of hydrogen-bond donors (Lipinski definition) is 0. The number of hydrogen-bond acceptors (Lipinski definition) is 4. The Kier molecular flexibility index (Phi) is 3.89. The van der Waals surface area contributed by atoms with Crippen molar-refractivity contribution in [2.75, 3.05) is 7.11 Å². The van der Waals surface area contributed by atoms with Crippen molar-refractivity contribution in [3.63, 3.8) is 0 Å². The van der Waals surface area contributed by atoms with Crippen molar-refractivity contribution in [1.29, 1.82) is 5.26 Å². The van der Waals surface area contributed by atoms with Gasteiger partial charge in [-0.25, -0.2) is 13.8 Å². The first-order valence-corrected chi connectivity index (χ1v) is 4.33. The molecule has 0 amide bonds. The second-order valence-corrected chi connectivity index (χ2v) is 2.91. The van der Waals surface area contributed by atoms with Crippen LogP contribution in [0.5, 0.6) is 0 Å². The van der Waals surface area contributed by atoms with Gasteiger partial charge in [0.25, 0.3) is 6.43 Å². The van der Waals surface area contributed by atoms with E-state index in [1.807, 2.05) is 0 Å². The number of ether oxygens (including phenoxy) is 1. The molecule has 0 aromatic carbocycles. The zero-order valence-electron chi connectivity index (χ0n) is 8.41. The van der Waals surface area contributed by atoms with Crippen LogP contribution in [0.1, 0.15) is 23.4 Å². The molecular weight excluding hydrogens is 218 g/mol. The molecule has 0 saturated carbocycles. The highest BCUT2D eigenvalue weighted by molar-refractivity contribution is 5.71. The van der Waals surface area contributed by atoms with E-state index in [2.05, 4.69) is 9.72 Å². The number of esters is 1. The molecule has 0 fully saturated rings. The van der Waals surface area contributed by atoms with E-state index in [0.717, 1.165) is 6.07 Å². The van der Waals surface area contributed by atoms with Crippen LogP contribution in [0.2, 0.25) is 0 Å². The largest absolute Gasteiger partial charge is 0.469 e. The van der Waals surface area contributed by atoms with E-state index in [9.17, 15) is 13.6 Å². The Labute approximate surface area is 90.5 Å². The van der Waals surface area contributed by atoms with Crippen LogP contribution in [0.3, 0.4) is 0 Å². The molecule has 0 bridgehead atoms. The van der Waals surface area contributed by atoms with E-state index in [1.54, 1.807) is 6.07 Å². The second-order valence-electron chi connectivity index (χ2n) is 2.91. The van der Waals surface area contributed by atoms with Gasteiger partial charge in [0, 0.05) is 0 Å². The van der Waals surface area contributed by atoms with Crippen LogP contribution in [0, 0.1) is 11.3 Å². The molecule has 0 N–H and O–H groups in total. The van der Waals surface area contributed by atoms with Crippen molar-refractivity contribution in [2.45, 2.75) is 12.8 Å². The molecule has 0 radical (unpaired) electrons. The number of carbonyl (C=O) groups is 1. The molecule has 4 nitrogen and oxygen atoms in total. The van der Waals surface area contributed by atoms with E-state index < -0.39 is 18.0 Å². The number of alkyl halides is 2. The van der Waals surface area contributed by atoms with Gasteiger partial charge in [-0.3, -0.25) is 4.79 Å². The molecule has 0 atom stereocenters. The van der Waals surface area contributed by atoms with Crippen molar-refractivity contribution in [2.24, 2.45) is 0 Å². The number of halogens is 2. The number of nitrogens with zero attached hydrogens (tertiary/aromatic N) is 2. The lowest BCUT2D eigenvalue weighted by molar-refractivity contribution is -0.139. The highest BCUT2D eigenvalue weighted by atomic mass is 19.3. The van der Waals surface area contributed by atoms with E-state index in [4.69, 9.17) is 5.26 Å². The molecule has 0 aliphatic heterocycles. The number of carbonyl (C=O) groups excluding carboxylic acids is 1. The Morgan fingerprint density at radius 1 is 1.62 bits per heavy atom. The van der Waals surface area contributed by atoms with E-state index in [-0.39, 0.29) is 17.8 Å². The molecule has 0 aliphatic rings. The molecule has 84 valence electrons. The summed E-state index contributed by atoms with van der Waals surface area (Å²) in [6.07, 6.45) is -2.90. The summed E-state index contributed by atoms with van der Waals surface area (Å²) in [5.41, 5.74) is -0.569. The fraction of sp³-hybridized carbons (Fsp3) is 0.300. The predicted octanol–water partition coefficient (Wildman–Crippen LogP) is 1.61. The molecule has 1 aromatic heterocycles. The van der Waals surface area contributed by atoms with E-state index in [1.165, 1.54) is 13.2 Å². The van der Waals surface area contributed by atoms with Gasteiger partial charge in [0.05, 0.1) is 24.8 Å². The van der Waals surface area contributed by atoms with Crippen molar-refractivity contribution in [1.82, 2.24) is 4.98 Å². The van der Waals surface area contributed by atoms with E-state index in [0.29, 0.717) is 0 Å². The van der Waals surface area contributed by atoms with Crippen LogP contribution in [-0.2, 0) is 16.0 Å². The topological polar surface area (TPSA) is 63.0 Å². The van der Waals surface area contributed by atoms with Crippen LogP contribution >= 0.6 is 0 Å². The molecule has 6 heteroatoms. The average molecular weight is 226 g/mol. The van der Waals surface area contributed by atoms with Gasteiger partial charge >= 0.3 is 5.97 Å². The molecule has 0 spiro atoms. The number of aromatic nitrogens is 1. The third kappa shape index (κ3) is 2.73. The third-order valence-electron chi connectivity index (χ3n) is 1.88. The van der Waals surface area contributed by atoms with Crippen LogP contribution in [0.4, 0.5) is 8.78 Å². The number of pyridine rings is 1. The van der Waals surface area contributed by atoms with E-state index >= 15 is 0 Å². The van der Waals surface area contributed by atoms with Crippen molar-refractivity contribution < 1.29 is 18.3 Å². The summed E-state index contributed by atoms with van der Waals surface area (Å²) >= 11 is 0. The predicted molar refractivity (Wildman–Crippen MR) is 49.6 cm³/mol. The lowest BCUT2D eigenvalue weighted by Crippen LogP contribution is -2.07. The lowest BCUT2D eigenvalue weighted by Gasteiger charge is -2.04. The Bertz CT molecular complexity index is 441. The van der Waals surface area contributed by atoms with Crippen molar-refractivity contribution >= 4 is 5.97 Å². The molecular formula is C10H8F2N2O2. The van der Waals surface area contributed by atoms with Crippen LogP contribution < -0.4 is 0 Å². The fourth-order valence-corrected chi connectivity index (χ4v) is 1.09. The molecule has 0 saturated heterocycles. The molecule has 1 heterocycles. The monoisotopic (exact) mass is 226 g/mol. The van der Waals surface area contributed by atoms with Gasteiger partial charge in [-0.05, 0) is 12.1 Å². The maximum Gasteiger partial charge on any atom is 0.311 e. The summed E-state index contributed by atoms with van der Waals surface area (Å²) in [5.74, 6) is -0.541. The maximum atomic E-state index is 12.4. The highest BCUT2D eigenvalue weighted by Gasteiger charge is 2.15. The number of methoxy groups -OCH3 is 1. The average Bonchev–Trinajstić information content (AvgIpc) is 2.28. The molecule has 0 aliphatic carbocycles. The molecule has 1 aromatic rings. The number of rotatable bonds is 3. The van der Waals surface area contributed by atoms with Gasteiger partial charge in [-0.15, -0.1) is 0 Å². The van der Waals surface area contributed by atoms with Gasteiger partial charge in [0.15, 0.2) is 0 Å². The summed E-state index contributed by atoms with van der Waals surface area (Å²) in [6.45, 7) is 0. The summed E-state index contributed by atoms with van der Waals surface area (Å²) in [5, 5.41) is 8.62. The van der Waals surface area contributed by atoms with Crippen molar-refractivity contribution in [3.8, 4) is 6.07 Å². The summed E-state index contributed by atoms with van der Waals surface area (Å²) in [7, 11) is 1.21. The van der Waals surface area contributed by atoms with Gasteiger partial charge < -0.3 is 4.74 Å². The Morgan fingerprint density at radius 3 is 2.81 bits per heavy atom. The Balaban J connectivity index is 3.01. The zero-order valence-corrected chi connectivity index (χ0v) is 8.41. The standard InChI is InChI=1S/C10H8F2N2O2/c1-16-9(15)4-6-2-3-7(10(11)12)8(5-13)14-6/h2-3,10H,4H2,1H3. The quantitative estimate of drug-likeness (QED) is 0.734. The minimum Gasteiger partial charge on any atom is -0.469 e. The first-order chi connectivity index (χ1) is 7.58. The lowest BCUT2D eigenvalue weighted by atomic mass is 10.1. The summed E-state index contributed by atoms with van der Waals surface area (Å²) < 4.78 is 29.2. The van der Waals surface area contributed by atoms with Gasteiger partial charge in [0.2, 0.25) is 0 Å². The van der Waals surface area contributed by atoms with Gasteiger partial charge in [-0.2, -0.15) is 5.26 Å². The normalized spacial score (nSPS) is 9.94. The minimum atomic E-state index is -2.76. The van der Waals surface area contributed by atoms with Crippen LogP contribution in [-0.4, -0.2) is 18.1 Å². The van der Waals surface area contributed by atoms with Crippen molar-refractivity contribution in [3.05, 3.63) is 29.1 Å². The molecule has 0 unspecified atom stereocenters. The smallest absolute Gasteiger partial charge is 0.311 e. The zero-order chi connectivity index (χ0) is 12.1. The van der Waals surface area contributed by atoms with Crippen LogP contribution in [0.15, 0.2) is 12.1 Å². The number of nitriles is 1. The minimum absolute atomic E-state index is 0.144. The summed E-state index contributed by atoms with van der Waals surface area (Å²) in [6, 6.07) is 3.93. The van der Waals surface area contributed by atoms with Crippen LogP contribution in [0.25, 0.3) is 0 Å². The SMILES string of the molecule is COC(=O)Cc1ccc(C(F)F)c(C#N)n1. The Hall–Kier alpha value is -2.03. The fourth-order valence-electron chi connectivity index (χ4n) is 1.09. The first-order valence-electron chi connectivity index (χ1n) is 4.33. The molecule has 1 rings (SSSR count). The maximum absolute atomic E-state index is 12.4. The summed E-state index contributed by atoms with van der Waals surface area (Å²) in [4.78, 5) is 14.6. The first kappa shape index (κ1) is 12.0. The second kappa shape index (κ2) is 5.16. The van der Waals surface area contributed by atoms with Gasteiger partial charge in [0.1, 0.15) is 11.8 Å². The highest BCUT2D eigenvalue weighted by Crippen LogP contribution is 2.21. The molecule has 16 heavy (non-hydrogen) atoms. The third-order valence-corrected chi connectivity index (χ3v) is 1.88.